The number of hydrogen-bond donors (Lipinski definition) is 0. The maximum Gasteiger partial charge on any atom is 0.311 e. The summed E-state index contributed by atoms with van der Waals surface area (Å²) in [6.07, 6.45) is 1.13. The van der Waals surface area contributed by atoms with Crippen molar-refractivity contribution in [3.8, 4) is 11.6 Å². The average molecular weight is 413 g/mol. The van der Waals surface area contributed by atoms with Gasteiger partial charge in [0.2, 0.25) is 0 Å². The molecule has 8 heteroatoms. The van der Waals surface area contributed by atoms with Crippen LogP contribution in [0.25, 0.3) is 11.0 Å². The highest BCUT2D eigenvalue weighted by Gasteiger charge is 2.13. The molecule has 148 valence electrons. The van der Waals surface area contributed by atoms with Crippen LogP contribution in [0.4, 0.5) is 0 Å². The van der Waals surface area contributed by atoms with Crippen molar-refractivity contribution in [3.05, 3.63) is 70.6 Å². The zero-order chi connectivity index (χ0) is 20.2. The lowest BCUT2D eigenvalue weighted by molar-refractivity contribution is -0.134. The summed E-state index contributed by atoms with van der Waals surface area (Å²) in [6, 6.07) is 14.4. The molecule has 2 aromatic heterocycles. The van der Waals surface area contributed by atoms with Crippen molar-refractivity contribution in [3.63, 3.8) is 0 Å². The van der Waals surface area contributed by atoms with Crippen molar-refractivity contribution in [2.75, 3.05) is 7.11 Å². The number of ether oxygens (including phenoxy) is 2. The molecule has 4 aromatic rings. The molecule has 0 N–H and O–H groups in total. The second-order valence-corrected chi connectivity index (χ2v) is 6.84. The average Bonchev–Trinajstić information content (AvgIpc) is 3.35. The van der Waals surface area contributed by atoms with E-state index >= 15 is 0 Å². The van der Waals surface area contributed by atoms with Gasteiger partial charge in [0.1, 0.15) is 11.5 Å². The molecule has 0 aliphatic carbocycles. The smallest absolute Gasteiger partial charge is 0.311 e. The zero-order valence-electron chi connectivity index (χ0n) is 15.6. The van der Waals surface area contributed by atoms with E-state index in [0.29, 0.717) is 40.8 Å². The van der Waals surface area contributed by atoms with Gasteiger partial charge in [-0.1, -0.05) is 28.9 Å². The molecule has 4 rings (SSSR count). The monoisotopic (exact) mass is 412 g/mol. The third-order valence-electron chi connectivity index (χ3n) is 4.36. The number of benzene rings is 2. The van der Waals surface area contributed by atoms with Gasteiger partial charge in [-0.2, -0.15) is 0 Å². The molecule has 0 amide bonds. The number of aromatic nitrogens is 2. The van der Waals surface area contributed by atoms with Gasteiger partial charge in [0.15, 0.2) is 5.58 Å². The van der Waals surface area contributed by atoms with E-state index in [2.05, 4.69) is 10.3 Å². The summed E-state index contributed by atoms with van der Waals surface area (Å²) in [5.41, 5.74) is 2.43. The van der Waals surface area contributed by atoms with Gasteiger partial charge in [-0.05, 0) is 35.0 Å². The van der Waals surface area contributed by atoms with Crippen LogP contribution in [0.5, 0.6) is 11.6 Å². The van der Waals surface area contributed by atoms with Crippen molar-refractivity contribution in [1.82, 2.24) is 10.3 Å². The number of carbonyl (C=O) groups excluding carboxylic acids is 1. The van der Waals surface area contributed by atoms with E-state index in [1.807, 2.05) is 30.3 Å². The third kappa shape index (κ3) is 4.57. The Morgan fingerprint density at radius 3 is 2.66 bits per heavy atom. The number of fused-ring (bicyclic) bond motifs is 1. The number of rotatable bonds is 7. The van der Waals surface area contributed by atoms with Crippen molar-refractivity contribution in [2.45, 2.75) is 19.3 Å². The predicted octanol–water partition coefficient (Wildman–Crippen LogP) is 4.61. The Balaban J connectivity index is 1.39. The van der Waals surface area contributed by atoms with Gasteiger partial charge in [0.25, 0.3) is 5.88 Å². The number of esters is 1. The van der Waals surface area contributed by atoms with Gasteiger partial charge in [-0.3, -0.25) is 4.79 Å². The van der Waals surface area contributed by atoms with Crippen LogP contribution in [0.3, 0.4) is 0 Å². The summed E-state index contributed by atoms with van der Waals surface area (Å²) in [5.74, 6) is 0.933. The van der Waals surface area contributed by atoms with E-state index in [4.69, 9.17) is 30.1 Å². The topological polar surface area (TPSA) is 87.6 Å². The van der Waals surface area contributed by atoms with Crippen LogP contribution in [-0.2, 0) is 17.6 Å². The Morgan fingerprint density at radius 2 is 1.90 bits per heavy atom. The molecule has 7 nitrogen and oxygen atoms in total. The highest BCUT2D eigenvalue weighted by molar-refractivity contribution is 6.30. The maximum absolute atomic E-state index is 12.1. The van der Waals surface area contributed by atoms with Gasteiger partial charge in [-0.25, -0.2) is 0 Å². The minimum absolute atomic E-state index is 0.147. The Morgan fingerprint density at radius 1 is 1.07 bits per heavy atom. The quantitative estimate of drug-likeness (QED) is 0.323. The van der Waals surface area contributed by atoms with Crippen LogP contribution in [0, 0.1) is 0 Å². The fourth-order valence-electron chi connectivity index (χ4n) is 2.87. The standard InChI is InChI=1S/C21H17ClN2O5/c1-26-20-12-16(28-24-20)7-9-21(25)27-15-6-8-17-18(23-29-19(17)11-15)10-13-2-4-14(22)5-3-13/h2-6,8,11-12H,7,9-10H2,1H3. The molecule has 0 aliphatic heterocycles. The summed E-state index contributed by atoms with van der Waals surface area (Å²) in [4.78, 5) is 12.1. The lowest BCUT2D eigenvalue weighted by Crippen LogP contribution is -2.08. The first kappa shape index (κ1) is 19.0. The molecule has 0 fully saturated rings. The molecule has 29 heavy (non-hydrogen) atoms. The van der Waals surface area contributed by atoms with Crippen molar-refractivity contribution in [2.24, 2.45) is 0 Å². The Kier molecular flexibility index (Phi) is 5.48. The number of aryl methyl sites for hydroxylation is 1. The van der Waals surface area contributed by atoms with Gasteiger partial charge in [0, 0.05) is 35.4 Å². The van der Waals surface area contributed by atoms with E-state index < -0.39 is 0 Å². The molecule has 0 spiro atoms. The third-order valence-corrected chi connectivity index (χ3v) is 4.61. The molecule has 0 bridgehead atoms. The lowest BCUT2D eigenvalue weighted by atomic mass is 10.1. The predicted molar refractivity (Wildman–Crippen MR) is 105 cm³/mol. The molecular formula is C21H17ClN2O5. The molecular weight excluding hydrogens is 396 g/mol. The molecule has 0 saturated heterocycles. The number of nitrogens with zero attached hydrogens (tertiary/aromatic N) is 2. The van der Waals surface area contributed by atoms with E-state index in [9.17, 15) is 4.79 Å². The molecule has 0 atom stereocenters. The molecule has 0 unspecified atom stereocenters. The van der Waals surface area contributed by atoms with Crippen molar-refractivity contribution in [1.29, 1.82) is 0 Å². The summed E-state index contributed by atoms with van der Waals surface area (Å²) in [6.45, 7) is 0. The minimum Gasteiger partial charge on any atom is -0.479 e. The molecule has 0 radical (unpaired) electrons. The summed E-state index contributed by atoms with van der Waals surface area (Å²) >= 11 is 5.92. The maximum atomic E-state index is 12.1. The second-order valence-electron chi connectivity index (χ2n) is 6.40. The first-order valence-corrected chi connectivity index (χ1v) is 9.31. The number of carbonyl (C=O) groups is 1. The fraction of sp³-hybridized carbons (Fsp3) is 0.190. The Hall–Kier alpha value is -3.32. The highest BCUT2D eigenvalue weighted by atomic mass is 35.5. The Labute approximate surface area is 171 Å². The SMILES string of the molecule is COc1cc(CCC(=O)Oc2ccc3c(Cc4ccc(Cl)cc4)noc3c2)on1. The van der Waals surface area contributed by atoms with Crippen LogP contribution in [-0.4, -0.2) is 23.4 Å². The van der Waals surface area contributed by atoms with Gasteiger partial charge in [0.05, 0.1) is 19.2 Å². The molecule has 0 saturated carbocycles. The Bertz CT molecular complexity index is 1130. The van der Waals surface area contributed by atoms with Crippen LogP contribution >= 0.6 is 11.6 Å². The van der Waals surface area contributed by atoms with Gasteiger partial charge < -0.3 is 18.5 Å². The lowest BCUT2D eigenvalue weighted by Gasteiger charge is -2.03. The zero-order valence-corrected chi connectivity index (χ0v) is 16.3. The highest BCUT2D eigenvalue weighted by Crippen LogP contribution is 2.26. The second kappa shape index (κ2) is 8.36. The first-order valence-electron chi connectivity index (χ1n) is 8.94. The normalized spacial score (nSPS) is 11.0. The minimum atomic E-state index is -0.388. The van der Waals surface area contributed by atoms with E-state index in [0.717, 1.165) is 16.6 Å². The number of methoxy groups -OCH3 is 1. The molecule has 0 aliphatic rings. The molecule has 2 heterocycles. The number of halogens is 1. The van der Waals surface area contributed by atoms with Crippen LogP contribution in [0.1, 0.15) is 23.4 Å². The van der Waals surface area contributed by atoms with Crippen LogP contribution < -0.4 is 9.47 Å². The van der Waals surface area contributed by atoms with E-state index in [-0.39, 0.29) is 12.4 Å². The van der Waals surface area contributed by atoms with Crippen LogP contribution in [0.15, 0.2) is 57.6 Å². The summed E-state index contributed by atoms with van der Waals surface area (Å²) in [7, 11) is 1.50. The molecule has 2 aromatic carbocycles. The van der Waals surface area contributed by atoms with Crippen molar-refractivity contribution >= 4 is 28.5 Å². The summed E-state index contributed by atoms with van der Waals surface area (Å²) in [5, 5.41) is 9.39. The van der Waals surface area contributed by atoms with Gasteiger partial charge >= 0.3 is 5.97 Å². The largest absolute Gasteiger partial charge is 0.479 e. The van der Waals surface area contributed by atoms with Gasteiger partial charge in [-0.15, -0.1) is 0 Å². The van der Waals surface area contributed by atoms with E-state index in [1.54, 1.807) is 18.2 Å². The van der Waals surface area contributed by atoms with E-state index in [1.165, 1.54) is 7.11 Å². The van der Waals surface area contributed by atoms with Crippen LogP contribution in [0.2, 0.25) is 5.02 Å². The van der Waals surface area contributed by atoms with Crippen molar-refractivity contribution < 1.29 is 23.3 Å². The fourth-order valence-corrected chi connectivity index (χ4v) is 3.00. The summed E-state index contributed by atoms with van der Waals surface area (Å²) < 4.78 is 20.8. The number of hydrogen-bond acceptors (Lipinski definition) is 7. The first-order chi connectivity index (χ1) is 14.1.